The number of carbonyl (C=O) groups is 1. The number of fused-ring (bicyclic) bond motifs is 1. The van der Waals surface area contributed by atoms with Crippen LogP contribution in [0.1, 0.15) is 25.7 Å². The first-order valence-electron chi connectivity index (χ1n) is 6.41. The van der Waals surface area contributed by atoms with Gasteiger partial charge in [-0.3, -0.25) is 4.79 Å². The Hall–Kier alpha value is -1.22. The highest BCUT2D eigenvalue weighted by Gasteiger charge is 2.22. The minimum atomic E-state index is 0.144. The van der Waals surface area contributed by atoms with Crippen LogP contribution in [0, 0.1) is 0 Å². The third kappa shape index (κ3) is 3.16. The number of halogens is 1. The average molecular weight is 268 g/mol. The van der Waals surface area contributed by atoms with Crippen LogP contribution in [0.2, 0.25) is 0 Å². The topological polar surface area (TPSA) is 29.5 Å². The fourth-order valence-electron chi connectivity index (χ4n) is 2.11. The van der Waals surface area contributed by atoms with E-state index in [2.05, 4.69) is 0 Å². The Morgan fingerprint density at radius 3 is 2.89 bits per heavy atom. The number of carbonyl (C=O) groups excluding carboxylic acids is 1. The second kappa shape index (κ2) is 6.64. The molecule has 0 spiro atoms. The third-order valence-electron chi connectivity index (χ3n) is 3.05. The molecule has 3 nitrogen and oxygen atoms in total. The van der Waals surface area contributed by atoms with Gasteiger partial charge in [-0.1, -0.05) is 18.6 Å². The summed E-state index contributed by atoms with van der Waals surface area (Å²) in [4.78, 5) is 13.9. The number of unbranched alkanes of at least 4 members (excludes halogenated alkanes) is 2. The molecule has 0 bridgehead atoms. The zero-order chi connectivity index (χ0) is 12.8. The van der Waals surface area contributed by atoms with Gasteiger partial charge in [0, 0.05) is 12.4 Å². The van der Waals surface area contributed by atoms with Gasteiger partial charge < -0.3 is 9.64 Å². The van der Waals surface area contributed by atoms with Crippen LogP contribution in [0.4, 0.5) is 5.69 Å². The van der Waals surface area contributed by atoms with Crippen molar-refractivity contribution in [3.8, 4) is 5.75 Å². The maximum Gasteiger partial charge on any atom is 0.230 e. The van der Waals surface area contributed by atoms with Crippen LogP contribution < -0.4 is 9.64 Å². The number of hydrogen-bond donors (Lipinski definition) is 0. The lowest BCUT2D eigenvalue weighted by Crippen LogP contribution is -2.31. The van der Waals surface area contributed by atoms with Crippen LogP contribution in [0.15, 0.2) is 24.3 Å². The monoisotopic (exact) mass is 267 g/mol. The minimum Gasteiger partial charge on any atom is -0.491 e. The summed E-state index contributed by atoms with van der Waals surface area (Å²) in [6.45, 7) is 1.21. The molecule has 0 N–H and O–H groups in total. The van der Waals surface area contributed by atoms with Gasteiger partial charge in [-0.2, -0.15) is 0 Å². The molecule has 0 radical (unpaired) electrons. The second-order valence-electron chi connectivity index (χ2n) is 4.36. The van der Waals surface area contributed by atoms with Crippen molar-refractivity contribution in [2.45, 2.75) is 25.7 Å². The number of para-hydroxylation sites is 2. The zero-order valence-corrected chi connectivity index (χ0v) is 11.2. The Balaban J connectivity index is 2.08. The third-order valence-corrected chi connectivity index (χ3v) is 3.31. The summed E-state index contributed by atoms with van der Waals surface area (Å²) in [7, 11) is 0. The lowest BCUT2D eigenvalue weighted by atomic mass is 10.2. The molecule has 0 aliphatic carbocycles. The van der Waals surface area contributed by atoms with E-state index in [1.54, 1.807) is 0 Å². The average Bonchev–Trinajstić information content (AvgIpc) is 2.54. The standard InChI is InChI=1S/C14H18ClNO2/c15-9-4-1-5-10-16-12-6-2-3-7-13(12)18-11-8-14(16)17/h2-3,6-7H,1,4-5,8-11H2. The molecule has 0 saturated carbocycles. The smallest absolute Gasteiger partial charge is 0.230 e. The first kappa shape index (κ1) is 13.2. The molecule has 1 aliphatic rings. The fraction of sp³-hybridized carbons (Fsp3) is 0.500. The molecule has 0 saturated heterocycles. The van der Waals surface area contributed by atoms with E-state index in [1.165, 1.54) is 0 Å². The number of hydrogen-bond acceptors (Lipinski definition) is 2. The summed E-state index contributed by atoms with van der Waals surface area (Å²) in [6.07, 6.45) is 3.48. The van der Waals surface area contributed by atoms with E-state index < -0.39 is 0 Å². The number of ether oxygens (including phenoxy) is 1. The summed E-state index contributed by atoms with van der Waals surface area (Å²) in [6, 6.07) is 7.73. The first-order chi connectivity index (χ1) is 8.83. The largest absolute Gasteiger partial charge is 0.491 e. The summed E-state index contributed by atoms with van der Waals surface area (Å²) < 4.78 is 5.59. The van der Waals surface area contributed by atoms with E-state index in [1.807, 2.05) is 29.2 Å². The van der Waals surface area contributed by atoms with Gasteiger partial charge in [-0.05, 0) is 25.0 Å². The van der Waals surface area contributed by atoms with Crippen molar-refractivity contribution >= 4 is 23.2 Å². The molecule has 0 atom stereocenters. The molecular weight excluding hydrogens is 250 g/mol. The Morgan fingerprint density at radius 2 is 2.06 bits per heavy atom. The SMILES string of the molecule is O=C1CCOc2ccccc2N1CCCCCCl. The Kier molecular flexibility index (Phi) is 4.88. The van der Waals surface area contributed by atoms with Gasteiger partial charge >= 0.3 is 0 Å². The minimum absolute atomic E-state index is 0.144. The number of alkyl halides is 1. The van der Waals surface area contributed by atoms with E-state index in [0.717, 1.165) is 37.2 Å². The molecule has 0 unspecified atom stereocenters. The quantitative estimate of drug-likeness (QED) is 0.606. The van der Waals surface area contributed by atoms with Crippen LogP contribution in [-0.2, 0) is 4.79 Å². The highest BCUT2D eigenvalue weighted by molar-refractivity contribution is 6.17. The lowest BCUT2D eigenvalue weighted by molar-refractivity contribution is -0.118. The summed E-state index contributed by atoms with van der Waals surface area (Å²) in [5.74, 6) is 1.64. The number of anilines is 1. The Labute approximate surface area is 113 Å². The molecule has 2 rings (SSSR count). The van der Waals surface area contributed by atoms with E-state index in [4.69, 9.17) is 16.3 Å². The maximum absolute atomic E-state index is 12.1. The van der Waals surface area contributed by atoms with Gasteiger partial charge in [0.1, 0.15) is 5.75 Å². The van der Waals surface area contributed by atoms with Crippen LogP contribution in [-0.4, -0.2) is 24.9 Å². The van der Waals surface area contributed by atoms with Gasteiger partial charge in [0.25, 0.3) is 0 Å². The number of amides is 1. The highest BCUT2D eigenvalue weighted by Crippen LogP contribution is 2.31. The Morgan fingerprint density at radius 1 is 1.22 bits per heavy atom. The van der Waals surface area contributed by atoms with Crippen molar-refractivity contribution in [1.29, 1.82) is 0 Å². The molecule has 0 fully saturated rings. The van der Waals surface area contributed by atoms with Crippen LogP contribution in [0.3, 0.4) is 0 Å². The molecule has 1 aromatic rings. The molecule has 1 amide bonds. The lowest BCUT2D eigenvalue weighted by Gasteiger charge is -2.21. The number of benzene rings is 1. The van der Waals surface area contributed by atoms with Crippen LogP contribution in [0.5, 0.6) is 5.75 Å². The normalized spacial score (nSPS) is 14.9. The number of rotatable bonds is 5. The van der Waals surface area contributed by atoms with Crippen molar-refractivity contribution in [1.82, 2.24) is 0 Å². The molecule has 0 aromatic heterocycles. The van der Waals surface area contributed by atoms with E-state index in [0.29, 0.717) is 18.9 Å². The van der Waals surface area contributed by atoms with Crippen molar-refractivity contribution in [3.63, 3.8) is 0 Å². The molecule has 1 aliphatic heterocycles. The molecular formula is C14H18ClNO2. The summed E-state index contributed by atoms with van der Waals surface area (Å²) in [5.41, 5.74) is 0.894. The summed E-state index contributed by atoms with van der Waals surface area (Å²) in [5, 5.41) is 0. The fourth-order valence-corrected chi connectivity index (χ4v) is 2.30. The molecule has 4 heteroatoms. The van der Waals surface area contributed by atoms with Gasteiger partial charge in [-0.15, -0.1) is 11.6 Å². The van der Waals surface area contributed by atoms with Crippen LogP contribution >= 0.6 is 11.6 Å². The molecule has 1 heterocycles. The van der Waals surface area contributed by atoms with Gasteiger partial charge in [0.15, 0.2) is 0 Å². The molecule has 1 aromatic carbocycles. The van der Waals surface area contributed by atoms with Gasteiger partial charge in [-0.25, -0.2) is 0 Å². The van der Waals surface area contributed by atoms with Gasteiger partial charge in [0.2, 0.25) is 5.91 Å². The first-order valence-corrected chi connectivity index (χ1v) is 6.94. The van der Waals surface area contributed by atoms with E-state index in [-0.39, 0.29) is 5.91 Å². The van der Waals surface area contributed by atoms with Crippen molar-refractivity contribution in [3.05, 3.63) is 24.3 Å². The van der Waals surface area contributed by atoms with Gasteiger partial charge in [0.05, 0.1) is 18.7 Å². The predicted octanol–water partition coefficient (Wildman–Crippen LogP) is 3.21. The molecule has 98 valence electrons. The maximum atomic E-state index is 12.1. The highest BCUT2D eigenvalue weighted by atomic mass is 35.5. The van der Waals surface area contributed by atoms with E-state index in [9.17, 15) is 4.79 Å². The summed E-state index contributed by atoms with van der Waals surface area (Å²) >= 11 is 5.66. The number of nitrogens with zero attached hydrogens (tertiary/aromatic N) is 1. The predicted molar refractivity (Wildman–Crippen MR) is 73.5 cm³/mol. The zero-order valence-electron chi connectivity index (χ0n) is 10.4. The van der Waals surface area contributed by atoms with Crippen molar-refractivity contribution in [2.75, 3.05) is 23.9 Å². The van der Waals surface area contributed by atoms with Crippen molar-refractivity contribution in [2.24, 2.45) is 0 Å². The second-order valence-corrected chi connectivity index (χ2v) is 4.74. The van der Waals surface area contributed by atoms with E-state index >= 15 is 0 Å². The van der Waals surface area contributed by atoms with Crippen LogP contribution in [0.25, 0.3) is 0 Å². The molecule has 18 heavy (non-hydrogen) atoms. The Bertz CT molecular complexity index is 409. The van der Waals surface area contributed by atoms with Crippen molar-refractivity contribution < 1.29 is 9.53 Å².